The van der Waals surface area contributed by atoms with Gasteiger partial charge in [0.25, 0.3) is 0 Å². The molecule has 5 unspecified atom stereocenters. The highest BCUT2D eigenvalue weighted by Crippen LogP contribution is 2.10. The Balaban J connectivity index is 5.52. The zero-order valence-corrected chi connectivity index (χ0v) is 20.0. The van der Waals surface area contributed by atoms with E-state index in [0.717, 1.165) is 0 Å². The molecule has 5 atom stereocenters. The molecule has 0 radical (unpaired) electrons. The summed E-state index contributed by atoms with van der Waals surface area (Å²) >= 11 is 3.89. The number of carboxylic acids is 1. The Bertz CT molecular complexity index is 675. The molecule has 8 N–H and O–H groups in total. The molecule has 0 rings (SSSR count). The van der Waals surface area contributed by atoms with Crippen LogP contribution in [0.1, 0.15) is 53.4 Å². The monoisotopic (exact) mass is 475 g/mol. The largest absolute Gasteiger partial charge is 0.480 e. The highest BCUT2D eigenvalue weighted by atomic mass is 32.1. The van der Waals surface area contributed by atoms with Gasteiger partial charge in [0, 0.05) is 12.2 Å². The van der Waals surface area contributed by atoms with Crippen molar-refractivity contribution < 1.29 is 29.1 Å². The van der Waals surface area contributed by atoms with Crippen molar-refractivity contribution in [2.45, 2.75) is 77.5 Å². The van der Waals surface area contributed by atoms with E-state index in [1.807, 2.05) is 27.7 Å². The highest BCUT2D eigenvalue weighted by molar-refractivity contribution is 7.80. The van der Waals surface area contributed by atoms with Gasteiger partial charge >= 0.3 is 5.97 Å². The van der Waals surface area contributed by atoms with Gasteiger partial charge in [0.2, 0.25) is 23.6 Å². The molecule has 0 aliphatic rings. The molecular weight excluding hydrogens is 438 g/mol. The molecule has 12 heteroatoms. The third-order valence-electron chi connectivity index (χ3n) is 5.01. The molecule has 0 fully saturated rings. The van der Waals surface area contributed by atoms with E-state index in [1.54, 1.807) is 0 Å². The lowest BCUT2D eigenvalue weighted by molar-refractivity contribution is -0.141. The van der Waals surface area contributed by atoms with Gasteiger partial charge in [-0.2, -0.15) is 12.6 Å². The zero-order chi connectivity index (χ0) is 25.0. The van der Waals surface area contributed by atoms with E-state index in [4.69, 9.17) is 16.6 Å². The molecular formula is C20H37N5O6S. The average Bonchev–Trinajstić information content (AvgIpc) is 2.71. The number of rotatable bonds is 15. The fraction of sp³-hybridized carbons (Fsp3) is 0.750. The lowest BCUT2D eigenvalue weighted by Gasteiger charge is -2.26. The van der Waals surface area contributed by atoms with Crippen molar-refractivity contribution in [2.24, 2.45) is 23.3 Å². The average molecular weight is 476 g/mol. The van der Waals surface area contributed by atoms with Gasteiger partial charge in [-0.25, -0.2) is 4.79 Å². The van der Waals surface area contributed by atoms with Crippen LogP contribution in [0.25, 0.3) is 0 Å². The maximum Gasteiger partial charge on any atom is 0.327 e. The molecule has 0 heterocycles. The van der Waals surface area contributed by atoms with Crippen LogP contribution >= 0.6 is 12.6 Å². The van der Waals surface area contributed by atoms with Gasteiger partial charge in [-0.15, -0.1) is 0 Å². The Labute approximate surface area is 194 Å². The maximum atomic E-state index is 12.9. The van der Waals surface area contributed by atoms with E-state index >= 15 is 0 Å². The number of nitrogens with two attached hydrogens (primary N) is 2. The summed E-state index contributed by atoms with van der Waals surface area (Å²) in [7, 11) is 0. The number of nitrogens with one attached hydrogen (secondary N) is 3. The van der Waals surface area contributed by atoms with Crippen LogP contribution in [0.3, 0.4) is 0 Å². The van der Waals surface area contributed by atoms with Gasteiger partial charge < -0.3 is 32.5 Å². The van der Waals surface area contributed by atoms with Crippen molar-refractivity contribution in [1.29, 1.82) is 0 Å². The molecule has 0 aromatic rings. The second kappa shape index (κ2) is 14.7. The van der Waals surface area contributed by atoms with E-state index in [-0.39, 0.29) is 36.9 Å². The Kier molecular flexibility index (Phi) is 13.6. The second-order valence-electron chi connectivity index (χ2n) is 8.25. The normalized spacial score (nSPS) is 15.7. The predicted octanol–water partition coefficient (Wildman–Crippen LogP) is -0.860. The first kappa shape index (κ1) is 29.7. The molecule has 0 saturated heterocycles. The van der Waals surface area contributed by atoms with Crippen LogP contribution in [-0.2, 0) is 24.0 Å². The summed E-state index contributed by atoms with van der Waals surface area (Å²) in [5, 5.41) is 16.5. The van der Waals surface area contributed by atoms with E-state index in [0.29, 0.717) is 6.42 Å². The van der Waals surface area contributed by atoms with Crippen molar-refractivity contribution in [3.8, 4) is 0 Å². The molecule has 0 spiro atoms. The van der Waals surface area contributed by atoms with E-state index in [9.17, 15) is 24.0 Å². The standard InChI is InChI=1S/C20H37N5O6S/c1-5-11(4)16(22)19(29)24-13(8-10(2)3)18(28)23-12(6-7-15(21)26)17(27)25-14(9-32)20(30)31/h10-14,16,32H,5-9,22H2,1-4H3,(H2,21,26)(H,23,28)(H,24,29)(H,25,27)(H,30,31). The van der Waals surface area contributed by atoms with Gasteiger partial charge in [0.15, 0.2) is 0 Å². The quantitative estimate of drug-likeness (QED) is 0.150. The number of hydrogen-bond donors (Lipinski definition) is 7. The van der Waals surface area contributed by atoms with Crippen LogP contribution in [-0.4, -0.2) is 64.6 Å². The molecule has 0 aromatic carbocycles. The van der Waals surface area contributed by atoms with Crippen molar-refractivity contribution in [3.05, 3.63) is 0 Å². The van der Waals surface area contributed by atoms with Crippen LogP contribution in [0.2, 0.25) is 0 Å². The molecule has 0 aliphatic carbocycles. The Hall–Kier alpha value is -2.34. The first-order chi connectivity index (χ1) is 14.8. The molecule has 11 nitrogen and oxygen atoms in total. The number of amides is 4. The van der Waals surface area contributed by atoms with E-state index in [1.165, 1.54) is 0 Å². The number of carboxylic acid groups (broad SMARTS) is 1. The number of aliphatic carboxylic acids is 1. The molecule has 184 valence electrons. The SMILES string of the molecule is CCC(C)C(N)C(=O)NC(CC(C)C)C(=O)NC(CCC(N)=O)C(=O)NC(CS)C(=O)O. The fourth-order valence-corrected chi connectivity index (χ4v) is 3.02. The lowest BCUT2D eigenvalue weighted by Crippen LogP contribution is -2.58. The molecule has 4 amide bonds. The number of hydrogen-bond acceptors (Lipinski definition) is 7. The maximum absolute atomic E-state index is 12.9. The van der Waals surface area contributed by atoms with Crippen molar-refractivity contribution in [1.82, 2.24) is 16.0 Å². The van der Waals surface area contributed by atoms with Gasteiger partial charge in [-0.1, -0.05) is 34.1 Å². The molecule has 0 aliphatic heterocycles. The van der Waals surface area contributed by atoms with Gasteiger partial charge in [0.1, 0.15) is 18.1 Å². The summed E-state index contributed by atoms with van der Waals surface area (Å²) in [5.41, 5.74) is 11.1. The van der Waals surface area contributed by atoms with Crippen molar-refractivity contribution >= 4 is 42.2 Å². The van der Waals surface area contributed by atoms with Gasteiger partial charge in [0.05, 0.1) is 6.04 Å². The van der Waals surface area contributed by atoms with E-state index in [2.05, 4.69) is 28.6 Å². The van der Waals surface area contributed by atoms with Crippen LogP contribution in [0, 0.1) is 11.8 Å². The van der Waals surface area contributed by atoms with Gasteiger partial charge in [-0.05, 0) is 24.7 Å². The summed E-state index contributed by atoms with van der Waals surface area (Å²) in [6.45, 7) is 7.45. The van der Waals surface area contributed by atoms with E-state index < -0.39 is 53.8 Å². The van der Waals surface area contributed by atoms with Crippen LogP contribution in [0.4, 0.5) is 0 Å². The molecule has 32 heavy (non-hydrogen) atoms. The number of carbonyl (C=O) groups excluding carboxylic acids is 4. The topological polar surface area (TPSA) is 194 Å². The minimum atomic E-state index is -1.29. The zero-order valence-electron chi connectivity index (χ0n) is 19.1. The third kappa shape index (κ3) is 10.8. The minimum Gasteiger partial charge on any atom is -0.480 e. The highest BCUT2D eigenvalue weighted by Gasteiger charge is 2.31. The number of carbonyl (C=O) groups is 5. The van der Waals surface area contributed by atoms with Crippen LogP contribution in [0.5, 0.6) is 0 Å². The Morgan fingerprint density at radius 3 is 1.84 bits per heavy atom. The van der Waals surface area contributed by atoms with Crippen molar-refractivity contribution in [2.75, 3.05) is 5.75 Å². The lowest BCUT2D eigenvalue weighted by atomic mass is 9.97. The summed E-state index contributed by atoms with van der Waals surface area (Å²) in [5.74, 6) is -4.15. The second-order valence-corrected chi connectivity index (χ2v) is 8.62. The predicted molar refractivity (Wildman–Crippen MR) is 123 cm³/mol. The fourth-order valence-electron chi connectivity index (χ4n) is 2.77. The third-order valence-corrected chi connectivity index (χ3v) is 5.37. The Morgan fingerprint density at radius 2 is 1.41 bits per heavy atom. The molecule has 0 aromatic heterocycles. The number of primary amides is 1. The summed E-state index contributed by atoms with van der Waals surface area (Å²) < 4.78 is 0. The first-order valence-electron chi connectivity index (χ1n) is 10.6. The van der Waals surface area contributed by atoms with Crippen molar-refractivity contribution in [3.63, 3.8) is 0 Å². The smallest absolute Gasteiger partial charge is 0.327 e. The summed E-state index contributed by atoms with van der Waals surface area (Å²) in [6, 6.07) is -4.28. The summed E-state index contributed by atoms with van der Waals surface area (Å²) in [4.78, 5) is 60.4. The van der Waals surface area contributed by atoms with Gasteiger partial charge in [-0.3, -0.25) is 19.2 Å². The first-order valence-corrected chi connectivity index (χ1v) is 11.3. The van der Waals surface area contributed by atoms with Crippen LogP contribution in [0.15, 0.2) is 0 Å². The Morgan fingerprint density at radius 1 is 0.906 bits per heavy atom. The molecule has 0 bridgehead atoms. The minimum absolute atomic E-state index is 0.0318. The van der Waals surface area contributed by atoms with Crippen LogP contribution < -0.4 is 27.4 Å². The molecule has 0 saturated carbocycles. The summed E-state index contributed by atoms with van der Waals surface area (Å²) in [6.07, 6.45) is 0.613. The number of thiol groups is 1.